The molecule has 2 aromatic heterocycles. The molecule has 24 heavy (non-hydrogen) atoms. The van der Waals surface area contributed by atoms with Gasteiger partial charge in [-0.15, -0.1) is 11.3 Å². The number of thiophene rings is 1. The summed E-state index contributed by atoms with van der Waals surface area (Å²) in [5.74, 6) is -1.02. The maximum absolute atomic E-state index is 13.0. The van der Waals surface area contributed by atoms with Crippen molar-refractivity contribution < 1.29 is 19.4 Å². The topological polar surface area (TPSA) is 71.8 Å². The van der Waals surface area contributed by atoms with Gasteiger partial charge >= 0.3 is 5.97 Å². The molecule has 7 heteroatoms. The Hall–Kier alpha value is -2.12. The summed E-state index contributed by atoms with van der Waals surface area (Å²) in [6, 6.07) is 5.71. The predicted molar refractivity (Wildman–Crippen MR) is 90.7 cm³/mol. The van der Waals surface area contributed by atoms with Crippen LogP contribution in [0.4, 0.5) is 0 Å². The Labute approximate surface area is 144 Å². The molecule has 0 unspecified atom stereocenters. The largest absolute Gasteiger partial charge is 0.481 e. The molecule has 0 radical (unpaired) electrons. The average molecular weight is 348 g/mol. The SMILES string of the molecule is COC[C@@]1(C(=O)O)CCCN(C(=O)c2sccc2-n2cccc2)C1. The number of carboxylic acid groups (broad SMARTS) is 1. The number of carbonyl (C=O) groups excluding carboxylic acids is 1. The first kappa shape index (κ1) is 16.7. The Kier molecular flexibility index (Phi) is 4.73. The van der Waals surface area contributed by atoms with Crippen LogP contribution in [0.1, 0.15) is 22.5 Å². The molecular formula is C17H20N2O4S. The van der Waals surface area contributed by atoms with E-state index in [0.29, 0.717) is 24.3 Å². The number of hydrogen-bond acceptors (Lipinski definition) is 4. The molecule has 0 bridgehead atoms. The summed E-state index contributed by atoms with van der Waals surface area (Å²) in [4.78, 5) is 27.0. The number of carbonyl (C=O) groups is 2. The van der Waals surface area contributed by atoms with E-state index in [1.807, 2.05) is 40.5 Å². The zero-order valence-electron chi connectivity index (χ0n) is 13.5. The summed E-state index contributed by atoms with van der Waals surface area (Å²) in [6.07, 6.45) is 4.96. The second-order valence-electron chi connectivity index (χ2n) is 6.07. The Bertz CT molecular complexity index is 721. The van der Waals surface area contributed by atoms with Gasteiger partial charge in [0.15, 0.2) is 0 Å². The zero-order chi connectivity index (χ0) is 17.2. The summed E-state index contributed by atoms with van der Waals surface area (Å²) >= 11 is 1.38. The minimum absolute atomic E-state index is 0.112. The highest BCUT2D eigenvalue weighted by Crippen LogP contribution is 2.33. The summed E-state index contributed by atoms with van der Waals surface area (Å²) in [5.41, 5.74) is -0.193. The summed E-state index contributed by atoms with van der Waals surface area (Å²) < 4.78 is 7.02. The maximum Gasteiger partial charge on any atom is 0.313 e. The first-order valence-electron chi connectivity index (χ1n) is 7.80. The van der Waals surface area contributed by atoms with E-state index in [1.54, 1.807) is 4.90 Å². The lowest BCUT2D eigenvalue weighted by Crippen LogP contribution is -2.52. The molecule has 1 atom stereocenters. The van der Waals surface area contributed by atoms with E-state index < -0.39 is 11.4 Å². The number of aromatic nitrogens is 1. The molecule has 1 amide bonds. The summed E-state index contributed by atoms with van der Waals surface area (Å²) in [5, 5.41) is 11.5. The fourth-order valence-electron chi connectivity index (χ4n) is 3.24. The molecule has 1 fully saturated rings. The van der Waals surface area contributed by atoms with Gasteiger partial charge in [-0.05, 0) is 36.4 Å². The minimum Gasteiger partial charge on any atom is -0.481 e. The lowest BCUT2D eigenvalue weighted by atomic mass is 9.80. The molecule has 2 aromatic rings. The minimum atomic E-state index is -1.02. The maximum atomic E-state index is 13.0. The monoisotopic (exact) mass is 348 g/mol. The van der Waals surface area contributed by atoms with Crippen LogP contribution >= 0.6 is 11.3 Å². The van der Waals surface area contributed by atoms with E-state index >= 15 is 0 Å². The van der Waals surface area contributed by atoms with Crippen molar-refractivity contribution in [2.24, 2.45) is 5.41 Å². The Morgan fingerprint density at radius 3 is 2.79 bits per heavy atom. The van der Waals surface area contributed by atoms with Gasteiger partial charge in [-0.1, -0.05) is 0 Å². The zero-order valence-corrected chi connectivity index (χ0v) is 14.3. The number of nitrogens with zero attached hydrogens (tertiary/aromatic N) is 2. The van der Waals surface area contributed by atoms with Crippen LogP contribution in [-0.2, 0) is 9.53 Å². The summed E-state index contributed by atoms with van der Waals surface area (Å²) in [7, 11) is 1.49. The van der Waals surface area contributed by atoms with Crippen molar-refractivity contribution in [1.29, 1.82) is 0 Å². The molecule has 0 spiro atoms. The molecule has 1 saturated heterocycles. The third-order valence-corrected chi connectivity index (χ3v) is 5.35. The highest BCUT2D eigenvalue weighted by atomic mass is 32.1. The quantitative estimate of drug-likeness (QED) is 0.901. The van der Waals surface area contributed by atoms with Crippen LogP contribution < -0.4 is 0 Å². The van der Waals surface area contributed by atoms with Crippen LogP contribution in [0.15, 0.2) is 36.0 Å². The molecule has 1 aliphatic rings. The number of hydrogen-bond donors (Lipinski definition) is 1. The number of likely N-dealkylation sites (tertiary alicyclic amines) is 1. The van der Waals surface area contributed by atoms with E-state index in [4.69, 9.17) is 4.74 Å². The molecule has 0 aliphatic carbocycles. The molecule has 0 aromatic carbocycles. The normalized spacial score (nSPS) is 21.0. The van der Waals surface area contributed by atoms with Crippen molar-refractivity contribution >= 4 is 23.2 Å². The first-order chi connectivity index (χ1) is 11.6. The fourth-order valence-corrected chi connectivity index (χ4v) is 4.10. The molecule has 1 N–H and O–H groups in total. The van der Waals surface area contributed by atoms with E-state index in [2.05, 4.69) is 0 Å². The van der Waals surface area contributed by atoms with Gasteiger partial charge in [-0.25, -0.2) is 0 Å². The van der Waals surface area contributed by atoms with Gasteiger partial charge in [-0.3, -0.25) is 9.59 Å². The van der Waals surface area contributed by atoms with Crippen LogP contribution in [0.2, 0.25) is 0 Å². The van der Waals surface area contributed by atoms with Crippen molar-refractivity contribution in [3.8, 4) is 5.69 Å². The smallest absolute Gasteiger partial charge is 0.313 e. The van der Waals surface area contributed by atoms with Crippen LogP contribution in [0.25, 0.3) is 5.69 Å². The van der Waals surface area contributed by atoms with Crippen molar-refractivity contribution in [1.82, 2.24) is 9.47 Å². The number of carboxylic acids is 1. The number of amides is 1. The highest BCUT2D eigenvalue weighted by molar-refractivity contribution is 7.12. The molecule has 3 heterocycles. The van der Waals surface area contributed by atoms with Crippen LogP contribution in [0, 0.1) is 5.41 Å². The first-order valence-corrected chi connectivity index (χ1v) is 8.68. The van der Waals surface area contributed by atoms with Crippen molar-refractivity contribution in [2.75, 3.05) is 26.8 Å². The van der Waals surface area contributed by atoms with Crippen molar-refractivity contribution in [2.45, 2.75) is 12.8 Å². The summed E-state index contributed by atoms with van der Waals surface area (Å²) in [6.45, 7) is 0.861. The number of aliphatic carboxylic acids is 1. The Morgan fingerprint density at radius 1 is 1.38 bits per heavy atom. The molecule has 128 valence electrons. The van der Waals surface area contributed by atoms with Crippen LogP contribution in [0.3, 0.4) is 0 Å². The Morgan fingerprint density at radius 2 is 2.12 bits per heavy atom. The van der Waals surface area contributed by atoms with Crippen molar-refractivity contribution in [3.63, 3.8) is 0 Å². The van der Waals surface area contributed by atoms with Crippen LogP contribution in [0.5, 0.6) is 0 Å². The number of piperidine rings is 1. The second kappa shape index (κ2) is 6.78. The van der Waals surface area contributed by atoms with Gasteiger partial charge in [0.1, 0.15) is 10.3 Å². The molecule has 0 saturated carbocycles. The lowest BCUT2D eigenvalue weighted by Gasteiger charge is -2.39. The van der Waals surface area contributed by atoms with Gasteiger partial charge in [0, 0.05) is 32.6 Å². The lowest BCUT2D eigenvalue weighted by molar-refractivity contribution is -0.155. The number of rotatable bonds is 5. The number of methoxy groups -OCH3 is 1. The highest BCUT2D eigenvalue weighted by Gasteiger charge is 2.44. The van der Waals surface area contributed by atoms with Crippen molar-refractivity contribution in [3.05, 3.63) is 40.8 Å². The van der Waals surface area contributed by atoms with E-state index in [-0.39, 0.29) is 19.1 Å². The Balaban J connectivity index is 1.86. The second-order valence-corrected chi connectivity index (χ2v) is 6.99. The third kappa shape index (κ3) is 2.97. The van der Waals surface area contributed by atoms with Gasteiger partial charge in [-0.2, -0.15) is 0 Å². The van der Waals surface area contributed by atoms with Gasteiger partial charge in [0.05, 0.1) is 12.3 Å². The molecule has 3 rings (SSSR count). The van der Waals surface area contributed by atoms with E-state index in [0.717, 1.165) is 5.69 Å². The fraction of sp³-hybridized carbons (Fsp3) is 0.412. The van der Waals surface area contributed by atoms with Crippen LogP contribution in [-0.4, -0.2) is 53.3 Å². The van der Waals surface area contributed by atoms with Gasteiger partial charge < -0.3 is 19.3 Å². The van der Waals surface area contributed by atoms with Gasteiger partial charge in [0.2, 0.25) is 0 Å². The third-order valence-electron chi connectivity index (χ3n) is 4.46. The average Bonchev–Trinajstić information content (AvgIpc) is 3.25. The predicted octanol–water partition coefficient (Wildman–Crippen LogP) is 2.49. The van der Waals surface area contributed by atoms with E-state index in [9.17, 15) is 14.7 Å². The molecule has 6 nitrogen and oxygen atoms in total. The van der Waals surface area contributed by atoms with E-state index in [1.165, 1.54) is 18.4 Å². The molecule has 1 aliphatic heterocycles. The standard InChI is InChI=1S/C17H20N2O4S/c1-23-12-17(16(21)22)6-4-9-19(11-17)15(20)14-13(5-10-24-14)18-7-2-3-8-18/h2-3,5,7-8,10H,4,6,9,11-12H2,1H3,(H,21,22)/t17-/m1/s1. The van der Waals surface area contributed by atoms with Gasteiger partial charge in [0.25, 0.3) is 5.91 Å². The number of ether oxygens (including phenoxy) is 1. The molecular weight excluding hydrogens is 328 g/mol.